The van der Waals surface area contributed by atoms with Crippen molar-refractivity contribution in [3.05, 3.63) is 29.3 Å². The molecule has 0 aromatic heterocycles. The Morgan fingerprint density at radius 1 is 1.21 bits per heavy atom. The lowest BCUT2D eigenvalue weighted by Crippen LogP contribution is -2.41. The minimum atomic E-state index is -0.542. The first-order chi connectivity index (χ1) is 8.82. The molecule has 5 heteroatoms. The molecule has 0 unspecified atom stereocenters. The molecule has 1 aliphatic rings. The highest BCUT2D eigenvalue weighted by atomic mass is 16.7. The zero-order valence-corrected chi connectivity index (χ0v) is 11.9. The Labute approximate surface area is 114 Å². The number of nitrogens with two attached hydrogens (primary N) is 1. The molecular weight excluding hydrogens is 239 g/mol. The molecule has 0 aliphatic carbocycles. The quantitative estimate of drug-likeness (QED) is 0.812. The molecule has 1 fully saturated rings. The molecule has 100 valence electrons. The Morgan fingerprint density at radius 2 is 1.79 bits per heavy atom. The largest absolute Gasteiger partial charge is 0.496 e. The van der Waals surface area contributed by atoms with Crippen LogP contribution in [0.25, 0.3) is 0 Å². The lowest BCUT2D eigenvalue weighted by molar-refractivity contribution is 0.00578. The van der Waals surface area contributed by atoms with Crippen molar-refractivity contribution in [2.75, 3.05) is 0 Å². The number of hydrogen-bond donors (Lipinski definition) is 1. The van der Waals surface area contributed by atoms with Gasteiger partial charge in [-0.1, -0.05) is 12.1 Å². The van der Waals surface area contributed by atoms with Gasteiger partial charge in [-0.15, -0.1) is 0 Å². The molecular formula is C14H19BN2O2. The summed E-state index contributed by atoms with van der Waals surface area (Å²) in [7, 11) is -0.542. The fourth-order valence-electron chi connectivity index (χ4n) is 2.13. The van der Waals surface area contributed by atoms with Crippen LogP contribution in [0.5, 0.6) is 0 Å². The van der Waals surface area contributed by atoms with Crippen molar-refractivity contribution in [1.29, 1.82) is 5.26 Å². The maximum atomic E-state index is 9.26. The topological polar surface area (TPSA) is 68.3 Å². The highest BCUT2D eigenvalue weighted by Crippen LogP contribution is 2.36. The molecule has 4 nitrogen and oxygen atoms in total. The summed E-state index contributed by atoms with van der Waals surface area (Å²) in [5, 5.41) is 9.26. The highest BCUT2D eigenvalue weighted by Gasteiger charge is 2.52. The zero-order chi connectivity index (χ0) is 14.3. The van der Waals surface area contributed by atoms with Crippen molar-refractivity contribution in [3.8, 4) is 6.07 Å². The Morgan fingerprint density at radius 3 is 2.26 bits per heavy atom. The van der Waals surface area contributed by atoms with Crippen LogP contribution in [0, 0.1) is 11.3 Å². The molecule has 0 saturated carbocycles. The molecule has 0 bridgehead atoms. The van der Waals surface area contributed by atoms with Crippen LogP contribution in [-0.2, 0) is 15.9 Å². The van der Waals surface area contributed by atoms with Gasteiger partial charge in [0.1, 0.15) is 0 Å². The maximum Gasteiger partial charge on any atom is 0.496 e. The van der Waals surface area contributed by atoms with Crippen LogP contribution < -0.4 is 11.2 Å². The molecule has 2 N–H and O–H groups in total. The van der Waals surface area contributed by atoms with Gasteiger partial charge >= 0.3 is 7.12 Å². The van der Waals surface area contributed by atoms with Gasteiger partial charge in [0, 0.05) is 12.0 Å². The second-order valence-corrected chi connectivity index (χ2v) is 5.78. The van der Waals surface area contributed by atoms with Crippen LogP contribution >= 0.6 is 0 Å². The molecule has 1 heterocycles. The SMILES string of the molecule is CC1(C)OB(c2c(C#N)cccc2CN)OC1(C)C. The third-order valence-corrected chi connectivity index (χ3v) is 4.03. The van der Waals surface area contributed by atoms with Crippen LogP contribution in [0.1, 0.15) is 38.8 Å². The summed E-state index contributed by atoms with van der Waals surface area (Å²) in [5.74, 6) is 0. The summed E-state index contributed by atoms with van der Waals surface area (Å²) in [6.07, 6.45) is 0. The van der Waals surface area contributed by atoms with Crippen molar-refractivity contribution < 1.29 is 9.31 Å². The van der Waals surface area contributed by atoms with E-state index in [4.69, 9.17) is 15.0 Å². The summed E-state index contributed by atoms with van der Waals surface area (Å²) in [6.45, 7) is 8.32. The van der Waals surface area contributed by atoms with Gasteiger partial charge in [0.25, 0.3) is 0 Å². The monoisotopic (exact) mass is 258 g/mol. The van der Waals surface area contributed by atoms with Gasteiger partial charge in [-0.2, -0.15) is 5.26 Å². The van der Waals surface area contributed by atoms with E-state index in [0.29, 0.717) is 12.1 Å². The van der Waals surface area contributed by atoms with Gasteiger partial charge in [-0.3, -0.25) is 0 Å². The Bertz CT molecular complexity index is 519. The van der Waals surface area contributed by atoms with Crippen molar-refractivity contribution >= 4 is 12.6 Å². The molecule has 0 radical (unpaired) electrons. The third-order valence-electron chi connectivity index (χ3n) is 4.03. The van der Waals surface area contributed by atoms with Crippen LogP contribution in [0.4, 0.5) is 0 Å². The van der Waals surface area contributed by atoms with Gasteiger partial charge in [-0.25, -0.2) is 0 Å². The van der Waals surface area contributed by atoms with E-state index in [9.17, 15) is 5.26 Å². The van der Waals surface area contributed by atoms with E-state index in [2.05, 4.69) is 6.07 Å². The van der Waals surface area contributed by atoms with Crippen LogP contribution in [0.3, 0.4) is 0 Å². The first-order valence-electron chi connectivity index (χ1n) is 6.40. The van der Waals surface area contributed by atoms with Gasteiger partial charge in [0.15, 0.2) is 0 Å². The first kappa shape index (κ1) is 14.1. The van der Waals surface area contributed by atoms with E-state index in [-0.39, 0.29) is 0 Å². The summed E-state index contributed by atoms with van der Waals surface area (Å²) >= 11 is 0. The molecule has 0 amide bonds. The maximum absolute atomic E-state index is 9.26. The first-order valence-corrected chi connectivity index (χ1v) is 6.40. The molecule has 0 atom stereocenters. The second kappa shape index (κ2) is 4.64. The van der Waals surface area contributed by atoms with Crippen LogP contribution in [-0.4, -0.2) is 18.3 Å². The van der Waals surface area contributed by atoms with Gasteiger partial charge in [0.05, 0.1) is 22.8 Å². The predicted molar refractivity (Wildman–Crippen MR) is 74.8 cm³/mol. The van der Waals surface area contributed by atoms with E-state index in [1.54, 1.807) is 6.07 Å². The number of nitriles is 1. The average molecular weight is 258 g/mol. The third kappa shape index (κ3) is 2.27. The van der Waals surface area contributed by atoms with Crippen molar-refractivity contribution in [2.24, 2.45) is 5.73 Å². The highest BCUT2D eigenvalue weighted by molar-refractivity contribution is 6.63. The van der Waals surface area contributed by atoms with E-state index in [1.807, 2.05) is 39.8 Å². The molecule has 2 rings (SSSR count). The Kier molecular flexibility index (Phi) is 3.44. The molecule has 1 aliphatic heterocycles. The van der Waals surface area contributed by atoms with Gasteiger partial charge < -0.3 is 15.0 Å². The van der Waals surface area contributed by atoms with Crippen molar-refractivity contribution in [2.45, 2.75) is 45.4 Å². The lowest BCUT2D eigenvalue weighted by Gasteiger charge is -2.32. The molecule has 1 saturated heterocycles. The average Bonchev–Trinajstić information content (AvgIpc) is 2.57. The summed E-state index contributed by atoms with van der Waals surface area (Å²) in [4.78, 5) is 0. The number of nitrogens with zero attached hydrogens (tertiary/aromatic N) is 1. The molecule has 1 aromatic carbocycles. The second-order valence-electron chi connectivity index (χ2n) is 5.78. The fraction of sp³-hybridized carbons (Fsp3) is 0.500. The van der Waals surface area contributed by atoms with Crippen molar-refractivity contribution in [3.63, 3.8) is 0 Å². The predicted octanol–water partition coefficient (Wildman–Crippen LogP) is 1.32. The van der Waals surface area contributed by atoms with E-state index >= 15 is 0 Å². The lowest BCUT2D eigenvalue weighted by atomic mass is 9.73. The smallest absolute Gasteiger partial charge is 0.399 e. The van der Waals surface area contributed by atoms with Crippen LogP contribution in [0.15, 0.2) is 18.2 Å². The molecule has 1 aromatic rings. The Hall–Kier alpha value is -1.35. The normalized spacial score (nSPS) is 20.3. The summed E-state index contributed by atoms with van der Waals surface area (Å²) < 4.78 is 12.0. The summed E-state index contributed by atoms with van der Waals surface area (Å²) in [5.41, 5.74) is 7.11. The standard InChI is InChI=1S/C14H19BN2O2/c1-13(2)14(3,4)19-15(18-13)12-10(8-16)6-5-7-11(12)9-17/h5-7H,8,16H2,1-4H3. The number of benzene rings is 1. The zero-order valence-electron chi connectivity index (χ0n) is 11.9. The minimum Gasteiger partial charge on any atom is -0.399 e. The van der Waals surface area contributed by atoms with Gasteiger partial charge in [-0.05, 0) is 39.3 Å². The van der Waals surface area contributed by atoms with Gasteiger partial charge in [0.2, 0.25) is 0 Å². The number of rotatable bonds is 2. The molecule has 0 spiro atoms. The van der Waals surface area contributed by atoms with Crippen molar-refractivity contribution in [1.82, 2.24) is 0 Å². The van der Waals surface area contributed by atoms with E-state index in [1.165, 1.54) is 0 Å². The molecule has 19 heavy (non-hydrogen) atoms. The Balaban J connectivity index is 2.48. The fourth-order valence-corrected chi connectivity index (χ4v) is 2.13. The van der Waals surface area contributed by atoms with Crippen LogP contribution in [0.2, 0.25) is 0 Å². The minimum absolute atomic E-state index is 0.356. The van der Waals surface area contributed by atoms with E-state index in [0.717, 1.165) is 11.0 Å². The summed E-state index contributed by atoms with van der Waals surface area (Å²) in [6, 6.07) is 7.68. The van der Waals surface area contributed by atoms with E-state index < -0.39 is 18.3 Å². The number of hydrogen-bond acceptors (Lipinski definition) is 4.